The minimum absolute atomic E-state index is 0.0279. The first kappa shape index (κ1) is 11.2. The predicted molar refractivity (Wildman–Crippen MR) is 55.1 cm³/mol. The van der Waals surface area contributed by atoms with Crippen molar-refractivity contribution < 1.29 is 9.18 Å². The van der Waals surface area contributed by atoms with E-state index in [1.54, 1.807) is 19.9 Å². The normalized spacial score (nSPS) is 11.5. The lowest BCUT2D eigenvalue weighted by Crippen LogP contribution is -2.26. The second kappa shape index (κ2) is 3.70. The Morgan fingerprint density at radius 1 is 1.43 bits per heavy atom. The number of carbonyl (C=O) groups excluding carboxylic acids is 1. The Hall–Kier alpha value is -0.890. The van der Waals surface area contributed by atoms with Crippen molar-refractivity contribution in [1.29, 1.82) is 0 Å². The Morgan fingerprint density at radius 3 is 2.43 bits per heavy atom. The van der Waals surface area contributed by atoms with Gasteiger partial charge >= 0.3 is 0 Å². The number of ketones is 1. The summed E-state index contributed by atoms with van der Waals surface area (Å²) in [5.74, 6) is -0.435. The first-order chi connectivity index (χ1) is 6.35. The predicted octanol–water partition coefficient (Wildman–Crippen LogP) is 3.35. The topological polar surface area (TPSA) is 17.1 Å². The van der Waals surface area contributed by atoms with Gasteiger partial charge in [-0.05, 0) is 38.5 Å². The second-order valence-electron chi connectivity index (χ2n) is 3.81. The van der Waals surface area contributed by atoms with Crippen LogP contribution in [0.1, 0.15) is 26.3 Å². The molecule has 0 saturated heterocycles. The van der Waals surface area contributed by atoms with E-state index in [1.165, 1.54) is 19.1 Å². The van der Waals surface area contributed by atoms with Crippen LogP contribution in [0.5, 0.6) is 0 Å². The van der Waals surface area contributed by atoms with Crippen LogP contribution in [0.2, 0.25) is 5.02 Å². The molecule has 0 amide bonds. The fourth-order valence-corrected chi connectivity index (χ4v) is 1.27. The monoisotopic (exact) mass is 214 g/mol. The molecular formula is C11H12ClFO. The fraction of sp³-hybridized carbons (Fsp3) is 0.364. The third-order valence-electron chi connectivity index (χ3n) is 2.52. The van der Waals surface area contributed by atoms with Crippen LogP contribution in [0.3, 0.4) is 0 Å². The molecule has 0 aromatic heterocycles. The summed E-state index contributed by atoms with van der Waals surface area (Å²) in [6.07, 6.45) is 0. The number of benzene rings is 1. The summed E-state index contributed by atoms with van der Waals surface area (Å²) in [5.41, 5.74) is 0.119. The standard InChI is InChI=1S/C11H12ClFO/c1-7(14)11(2,3)8-4-5-10(13)9(12)6-8/h4-6H,1-3H3. The maximum Gasteiger partial charge on any atom is 0.141 e. The summed E-state index contributed by atoms with van der Waals surface area (Å²) < 4.78 is 12.9. The summed E-state index contributed by atoms with van der Waals surface area (Å²) in [6.45, 7) is 5.09. The summed E-state index contributed by atoms with van der Waals surface area (Å²) >= 11 is 5.64. The van der Waals surface area contributed by atoms with Crippen molar-refractivity contribution >= 4 is 17.4 Å². The number of hydrogen-bond donors (Lipinski definition) is 0. The molecule has 0 fully saturated rings. The highest BCUT2D eigenvalue weighted by Crippen LogP contribution is 2.27. The van der Waals surface area contributed by atoms with Gasteiger partial charge in [0.05, 0.1) is 5.02 Å². The van der Waals surface area contributed by atoms with Crippen LogP contribution in [-0.4, -0.2) is 5.78 Å². The summed E-state index contributed by atoms with van der Waals surface area (Å²) in [6, 6.07) is 4.36. The minimum Gasteiger partial charge on any atom is -0.299 e. The molecule has 0 aliphatic heterocycles. The molecule has 0 heterocycles. The third kappa shape index (κ3) is 1.95. The molecule has 1 rings (SSSR count). The van der Waals surface area contributed by atoms with Gasteiger partial charge in [-0.3, -0.25) is 4.79 Å². The molecule has 14 heavy (non-hydrogen) atoms. The molecule has 0 aliphatic carbocycles. The Morgan fingerprint density at radius 2 is 2.00 bits per heavy atom. The van der Waals surface area contributed by atoms with Crippen molar-refractivity contribution in [2.75, 3.05) is 0 Å². The van der Waals surface area contributed by atoms with E-state index in [-0.39, 0.29) is 10.8 Å². The average Bonchev–Trinajstić information content (AvgIpc) is 2.09. The van der Waals surface area contributed by atoms with E-state index >= 15 is 0 Å². The average molecular weight is 215 g/mol. The van der Waals surface area contributed by atoms with Crippen LogP contribution < -0.4 is 0 Å². The lowest BCUT2D eigenvalue weighted by atomic mass is 9.81. The van der Waals surface area contributed by atoms with E-state index in [1.807, 2.05) is 0 Å². The van der Waals surface area contributed by atoms with Gasteiger partial charge in [-0.1, -0.05) is 17.7 Å². The number of Topliss-reactive ketones (excluding diaryl/α,β-unsaturated/α-hetero) is 1. The van der Waals surface area contributed by atoms with Crippen molar-refractivity contribution in [3.63, 3.8) is 0 Å². The van der Waals surface area contributed by atoms with Crippen LogP contribution in [0, 0.1) is 5.82 Å². The van der Waals surface area contributed by atoms with Crippen molar-refractivity contribution in [1.82, 2.24) is 0 Å². The van der Waals surface area contributed by atoms with Gasteiger partial charge in [0.2, 0.25) is 0 Å². The molecule has 76 valence electrons. The Kier molecular flexibility index (Phi) is 2.95. The van der Waals surface area contributed by atoms with Crippen LogP contribution in [0.15, 0.2) is 18.2 Å². The van der Waals surface area contributed by atoms with E-state index < -0.39 is 11.2 Å². The number of halogens is 2. The van der Waals surface area contributed by atoms with Crippen LogP contribution >= 0.6 is 11.6 Å². The molecule has 0 atom stereocenters. The molecule has 0 bridgehead atoms. The molecule has 0 unspecified atom stereocenters. The zero-order valence-corrected chi connectivity index (χ0v) is 9.15. The van der Waals surface area contributed by atoms with Crippen molar-refractivity contribution in [3.8, 4) is 0 Å². The number of rotatable bonds is 2. The third-order valence-corrected chi connectivity index (χ3v) is 2.81. The molecule has 1 aromatic rings. The minimum atomic E-state index is -0.614. The highest BCUT2D eigenvalue weighted by molar-refractivity contribution is 6.30. The molecular weight excluding hydrogens is 203 g/mol. The van der Waals surface area contributed by atoms with Gasteiger partial charge in [-0.25, -0.2) is 4.39 Å². The summed E-state index contributed by atoms with van der Waals surface area (Å²) in [5, 5.41) is 0.0526. The molecule has 0 radical (unpaired) electrons. The van der Waals surface area contributed by atoms with Gasteiger partial charge in [-0.15, -0.1) is 0 Å². The van der Waals surface area contributed by atoms with E-state index in [0.717, 1.165) is 5.56 Å². The highest BCUT2D eigenvalue weighted by Gasteiger charge is 2.26. The van der Waals surface area contributed by atoms with Gasteiger partial charge in [-0.2, -0.15) is 0 Å². The smallest absolute Gasteiger partial charge is 0.141 e. The quantitative estimate of drug-likeness (QED) is 0.738. The van der Waals surface area contributed by atoms with Gasteiger partial charge in [0.1, 0.15) is 11.6 Å². The van der Waals surface area contributed by atoms with E-state index in [2.05, 4.69) is 0 Å². The first-order valence-corrected chi connectivity index (χ1v) is 4.70. The van der Waals surface area contributed by atoms with E-state index in [9.17, 15) is 9.18 Å². The Balaban J connectivity index is 3.21. The molecule has 0 saturated carbocycles. The van der Waals surface area contributed by atoms with E-state index in [0.29, 0.717) is 0 Å². The number of carbonyl (C=O) groups is 1. The molecule has 0 aliphatic rings. The Labute approximate surface area is 87.9 Å². The highest BCUT2D eigenvalue weighted by atomic mass is 35.5. The maximum atomic E-state index is 12.9. The van der Waals surface area contributed by atoms with Crippen LogP contribution in [0.25, 0.3) is 0 Å². The van der Waals surface area contributed by atoms with Crippen molar-refractivity contribution in [2.24, 2.45) is 0 Å². The Bertz CT molecular complexity index is 372. The second-order valence-corrected chi connectivity index (χ2v) is 4.22. The zero-order chi connectivity index (χ0) is 10.9. The van der Waals surface area contributed by atoms with E-state index in [4.69, 9.17) is 11.6 Å². The maximum absolute atomic E-state index is 12.9. The molecule has 1 nitrogen and oxygen atoms in total. The van der Waals surface area contributed by atoms with Gasteiger partial charge in [0, 0.05) is 5.41 Å². The van der Waals surface area contributed by atoms with Crippen LogP contribution in [0.4, 0.5) is 4.39 Å². The molecule has 3 heteroatoms. The number of hydrogen-bond acceptors (Lipinski definition) is 1. The zero-order valence-electron chi connectivity index (χ0n) is 8.40. The summed E-state index contributed by atoms with van der Waals surface area (Å²) in [4.78, 5) is 11.3. The molecule has 0 N–H and O–H groups in total. The lowest BCUT2D eigenvalue weighted by molar-refractivity contribution is -0.121. The first-order valence-electron chi connectivity index (χ1n) is 4.32. The van der Waals surface area contributed by atoms with Crippen molar-refractivity contribution in [3.05, 3.63) is 34.6 Å². The SMILES string of the molecule is CC(=O)C(C)(C)c1ccc(F)c(Cl)c1. The van der Waals surface area contributed by atoms with Crippen LogP contribution in [-0.2, 0) is 10.2 Å². The lowest BCUT2D eigenvalue weighted by Gasteiger charge is -2.21. The van der Waals surface area contributed by atoms with Gasteiger partial charge in [0.25, 0.3) is 0 Å². The van der Waals surface area contributed by atoms with Gasteiger partial charge in [0.15, 0.2) is 0 Å². The fourth-order valence-electron chi connectivity index (χ4n) is 1.09. The van der Waals surface area contributed by atoms with Gasteiger partial charge < -0.3 is 0 Å². The van der Waals surface area contributed by atoms with Crippen molar-refractivity contribution in [2.45, 2.75) is 26.2 Å². The summed E-state index contributed by atoms with van der Waals surface area (Å²) in [7, 11) is 0. The molecule has 1 aromatic carbocycles. The largest absolute Gasteiger partial charge is 0.299 e. The molecule has 0 spiro atoms.